The zero-order valence-corrected chi connectivity index (χ0v) is 10.9. The van der Waals surface area contributed by atoms with E-state index < -0.39 is 0 Å². The number of hydrogen-bond acceptors (Lipinski definition) is 5. The average molecular weight is 282 g/mol. The van der Waals surface area contributed by atoms with E-state index in [9.17, 15) is 4.39 Å². The number of benzene rings is 2. The lowest BCUT2D eigenvalue weighted by Crippen LogP contribution is -2.02. The first kappa shape index (κ1) is 13.0. The molecular weight excluding hydrogens is 271 g/mol. The van der Waals surface area contributed by atoms with E-state index in [1.54, 1.807) is 0 Å². The summed E-state index contributed by atoms with van der Waals surface area (Å²) in [5, 5.41) is 7.62. The molecule has 0 spiro atoms. The van der Waals surface area contributed by atoms with Crippen LogP contribution < -0.4 is 10.5 Å². The molecule has 0 radical (unpaired) electrons. The molecule has 3 rings (SSSR count). The number of anilines is 1. The normalized spacial score (nSPS) is 10.3. The fraction of sp³-hybridized carbons (Fsp3) is 0. The van der Waals surface area contributed by atoms with E-state index in [1.807, 2.05) is 30.3 Å². The van der Waals surface area contributed by atoms with Gasteiger partial charge in [0.25, 0.3) is 5.88 Å². The highest BCUT2D eigenvalue weighted by atomic mass is 19.1. The minimum atomic E-state index is -0.341. The van der Waals surface area contributed by atoms with Crippen LogP contribution in [0.5, 0.6) is 11.6 Å². The summed E-state index contributed by atoms with van der Waals surface area (Å²) in [4.78, 5) is 4.16. The smallest absolute Gasteiger partial charge is 0.265 e. The summed E-state index contributed by atoms with van der Waals surface area (Å²) in [7, 11) is 0. The van der Waals surface area contributed by atoms with Crippen molar-refractivity contribution in [2.45, 2.75) is 0 Å². The van der Waals surface area contributed by atoms with Crippen LogP contribution in [0.25, 0.3) is 11.3 Å². The van der Waals surface area contributed by atoms with Gasteiger partial charge >= 0.3 is 0 Å². The molecule has 1 heterocycles. The van der Waals surface area contributed by atoms with Crippen molar-refractivity contribution >= 4 is 5.95 Å². The Morgan fingerprint density at radius 1 is 0.905 bits per heavy atom. The molecular formula is C15H11FN4O. The Kier molecular flexibility index (Phi) is 3.42. The lowest BCUT2D eigenvalue weighted by Gasteiger charge is -2.09. The van der Waals surface area contributed by atoms with Crippen molar-refractivity contribution < 1.29 is 9.13 Å². The van der Waals surface area contributed by atoms with Crippen molar-refractivity contribution in [1.82, 2.24) is 15.2 Å². The Bertz CT molecular complexity index is 747. The summed E-state index contributed by atoms with van der Waals surface area (Å²) >= 11 is 0. The fourth-order valence-electron chi connectivity index (χ4n) is 1.80. The van der Waals surface area contributed by atoms with E-state index in [2.05, 4.69) is 15.2 Å². The van der Waals surface area contributed by atoms with Crippen molar-refractivity contribution in [2.24, 2.45) is 0 Å². The lowest BCUT2D eigenvalue weighted by molar-refractivity contribution is 0.453. The molecule has 0 aliphatic rings. The van der Waals surface area contributed by atoms with Crippen molar-refractivity contribution in [3.8, 4) is 22.9 Å². The molecule has 2 N–H and O–H groups in total. The first-order valence-electron chi connectivity index (χ1n) is 6.21. The highest BCUT2D eigenvalue weighted by molar-refractivity contribution is 5.65. The Hall–Kier alpha value is -3.02. The minimum Gasteiger partial charge on any atom is -0.436 e. The van der Waals surface area contributed by atoms with E-state index in [0.29, 0.717) is 11.4 Å². The zero-order valence-electron chi connectivity index (χ0n) is 10.9. The minimum absolute atomic E-state index is 0.0558. The topological polar surface area (TPSA) is 73.9 Å². The van der Waals surface area contributed by atoms with Gasteiger partial charge < -0.3 is 10.5 Å². The maximum atomic E-state index is 12.9. The van der Waals surface area contributed by atoms with E-state index in [1.165, 1.54) is 24.3 Å². The molecule has 21 heavy (non-hydrogen) atoms. The van der Waals surface area contributed by atoms with E-state index in [0.717, 1.165) is 5.56 Å². The van der Waals surface area contributed by atoms with Gasteiger partial charge in [-0.1, -0.05) is 30.3 Å². The third-order valence-electron chi connectivity index (χ3n) is 2.75. The number of nitrogens with two attached hydrogens (primary N) is 1. The molecule has 0 saturated carbocycles. The maximum absolute atomic E-state index is 12.9. The number of halogens is 1. The molecule has 3 aromatic rings. The van der Waals surface area contributed by atoms with Crippen LogP contribution in [0.3, 0.4) is 0 Å². The van der Waals surface area contributed by atoms with Crippen LogP contribution >= 0.6 is 0 Å². The predicted molar refractivity (Wildman–Crippen MR) is 76.1 cm³/mol. The second-order valence-electron chi connectivity index (χ2n) is 4.25. The van der Waals surface area contributed by atoms with Crippen LogP contribution in [0.2, 0.25) is 0 Å². The van der Waals surface area contributed by atoms with Crippen molar-refractivity contribution in [1.29, 1.82) is 0 Å². The summed E-state index contributed by atoms with van der Waals surface area (Å²) in [6.07, 6.45) is 0. The first-order valence-corrected chi connectivity index (χ1v) is 6.21. The van der Waals surface area contributed by atoms with Crippen LogP contribution in [0, 0.1) is 5.82 Å². The molecule has 5 nitrogen and oxygen atoms in total. The van der Waals surface area contributed by atoms with Crippen molar-refractivity contribution in [3.05, 3.63) is 60.4 Å². The number of aromatic nitrogens is 3. The predicted octanol–water partition coefficient (Wildman–Crippen LogP) is 3.05. The Morgan fingerprint density at radius 3 is 2.33 bits per heavy atom. The third-order valence-corrected chi connectivity index (χ3v) is 2.75. The summed E-state index contributed by atoms with van der Waals surface area (Å²) in [5.41, 5.74) is 6.87. The number of nitrogens with zero attached hydrogens (tertiary/aromatic N) is 3. The van der Waals surface area contributed by atoms with E-state index in [-0.39, 0.29) is 17.6 Å². The molecule has 1 aromatic heterocycles. The van der Waals surface area contributed by atoms with Gasteiger partial charge in [0.1, 0.15) is 17.3 Å². The quantitative estimate of drug-likeness (QED) is 0.799. The third kappa shape index (κ3) is 2.94. The largest absolute Gasteiger partial charge is 0.436 e. The summed E-state index contributed by atoms with van der Waals surface area (Å²) in [5.74, 6) is 0.365. The second kappa shape index (κ2) is 5.54. The monoisotopic (exact) mass is 282 g/mol. The van der Waals surface area contributed by atoms with Gasteiger partial charge in [0, 0.05) is 5.56 Å². The highest BCUT2D eigenvalue weighted by Crippen LogP contribution is 2.29. The van der Waals surface area contributed by atoms with Crippen LogP contribution in [-0.4, -0.2) is 15.2 Å². The Morgan fingerprint density at radius 2 is 1.62 bits per heavy atom. The number of hydrogen-bond donors (Lipinski definition) is 1. The van der Waals surface area contributed by atoms with Crippen LogP contribution in [-0.2, 0) is 0 Å². The maximum Gasteiger partial charge on any atom is 0.265 e. The van der Waals surface area contributed by atoms with E-state index in [4.69, 9.17) is 10.5 Å². The fourth-order valence-corrected chi connectivity index (χ4v) is 1.80. The summed E-state index contributed by atoms with van der Waals surface area (Å²) in [6.45, 7) is 0. The molecule has 0 amide bonds. The van der Waals surface area contributed by atoms with Crippen LogP contribution in [0.15, 0.2) is 54.6 Å². The zero-order chi connectivity index (χ0) is 14.7. The molecule has 0 aliphatic heterocycles. The average Bonchev–Trinajstić information content (AvgIpc) is 2.52. The van der Waals surface area contributed by atoms with E-state index >= 15 is 0 Å². The van der Waals surface area contributed by atoms with Crippen LogP contribution in [0.1, 0.15) is 0 Å². The van der Waals surface area contributed by atoms with Gasteiger partial charge in [0.15, 0.2) is 0 Å². The standard InChI is InChI=1S/C15H11FN4O/c16-11-6-8-12(9-7-11)21-14-13(18-15(17)20-19-14)10-4-2-1-3-5-10/h1-9H,(H2,17,18,20). The first-order chi connectivity index (χ1) is 10.2. The number of nitrogen functional groups attached to an aromatic ring is 1. The Labute approximate surface area is 120 Å². The van der Waals surface area contributed by atoms with Gasteiger partial charge in [-0.25, -0.2) is 9.37 Å². The summed E-state index contributed by atoms with van der Waals surface area (Å²) < 4.78 is 18.5. The molecule has 104 valence electrons. The lowest BCUT2D eigenvalue weighted by atomic mass is 10.1. The highest BCUT2D eigenvalue weighted by Gasteiger charge is 2.12. The number of rotatable bonds is 3. The molecule has 0 bridgehead atoms. The second-order valence-corrected chi connectivity index (χ2v) is 4.25. The SMILES string of the molecule is Nc1nnc(Oc2ccc(F)cc2)c(-c2ccccc2)n1. The molecule has 0 atom stereocenters. The van der Waals surface area contributed by atoms with Gasteiger partial charge in [-0.3, -0.25) is 0 Å². The van der Waals surface area contributed by atoms with Gasteiger partial charge in [0.2, 0.25) is 5.95 Å². The van der Waals surface area contributed by atoms with Gasteiger partial charge in [-0.2, -0.15) is 0 Å². The summed E-state index contributed by atoms with van der Waals surface area (Å²) in [6, 6.07) is 15.0. The molecule has 2 aromatic carbocycles. The van der Waals surface area contributed by atoms with Crippen molar-refractivity contribution in [2.75, 3.05) is 5.73 Å². The Balaban J connectivity index is 2.00. The molecule has 0 fully saturated rings. The molecule has 0 aliphatic carbocycles. The molecule has 0 unspecified atom stereocenters. The van der Waals surface area contributed by atoms with Gasteiger partial charge in [-0.15, -0.1) is 10.2 Å². The van der Waals surface area contributed by atoms with Gasteiger partial charge in [0.05, 0.1) is 0 Å². The van der Waals surface area contributed by atoms with Crippen LogP contribution in [0.4, 0.5) is 10.3 Å². The van der Waals surface area contributed by atoms with Crippen molar-refractivity contribution in [3.63, 3.8) is 0 Å². The van der Waals surface area contributed by atoms with Gasteiger partial charge in [-0.05, 0) is 24.3 Å². The molecule has 0 saturated heterocycles. The number of ether oxygens (including phenoxy) is 1. The molecule has 6 heteroatoms.